The van der Waals surface area contributed by atoms with Crippen molar-refractivity contribution in [2.24, 2.45) is 0 Å². The molecule has 0 bridgehead atoms. The number of hydrogen-bond acceptors (Lipinski definition) is 3. The van der Waals surface area contributed by atoms with Gasteiger partial charge in [0.1, 0.15) is 11.5 Å². The van der Waals surface area contributed by atoms with E-state index < -0.39 is 0 Å². The normalized spacial score (nSPS) is 11.8. The van der Waals surface area contributed by atoms with Crippen LogP contribution in [0.1, 0.15) is 0 Å². The molecule has 0 aliphatic carbocycles. The predicted octanol–water partition coefficient (Wildman–Crippen LogP) is 13.8. The number of rotatable bonds is 4. The summed E-state index contributed by atoms with van der Waals surface area (Å²) in [5, 5.41) is 4.83. The van der Waals surface area contributed by atoms with Crippen molar-refractivity contribution in [1.29, 1.82) is 0 Å². The first-order chi connectivity index (χ1) is 24.3. The van der Waals surface area contributed by atoms with E-state index in [1.165, 1.54) is 42.2 Å². The molecule has 0 spiro atoms. The molecule has 1 aliphatic rings. The molecule has 0 unspecified atom stereocenters. The summed E-state index contributed by atoms with van der Waals surface area (Å²) < 4.78 is 9.48. The summed E-state index contributed by atoms with van der Waals surface area (Å²) in [5.41, 5.74) is 10.2. The van der Waals surface area contributed by atoms with Crippen LogP contribution in [0.2, 0.25) is 0 Å². The molecule has 0 atom stereocenters. The molecule has 49 heavy (non-hydrogen) atoms. The van der Waals surface area contributed by atoms with Crippen LogP contribution in [0, 0.1) is 0 Å². The average Bonchev–Trinajstić information content (AvgIpc) is 3.49. The molecule has 1 aliphatic heterocycles. The van der Waals surface area contributed by atoms with E-state index in [-0.39, 0.29) is 0 Å². The van der Waals surface area contributed by atoms with E-state index in [0.717, 1.165) is 50.6 Å². The number of thiophene rings is 1. The van der Waals surface area contributed by atoms with Crippen LogP contribution in [-0.2, 0) is 0 Å². The van der Waals surface area contributed by atoms with Crippen molar-refractivity contribution < 1.29 is 4.74 Å². The second kappa shape index (κ2) is 11.2. The van der Waals surface area contributed by atoms with Crippen LogP contribution < -0.4 is 9.64 Å². The van der Waals surface area contributed by atoms with Gasteiger partial charge in [0.25, 0.3) is 0 Å². The van der Waals surface area contributed by atoms with Crippen molar-refractivity contribution >= 4 is 59.3 Å². The van der Waals surface area contributed by atoms with Crippen molar-refractivity contribution in [3.63, 3.8) is 0 Å². The molecule has 1 aromatic heterocycles. The predicted molar refractivity (Wildman–Crippen MR) is 208 cm³/mol. The molecule has 0 saturated carbocycles. The van der Waals surface area contributed by atoms with Crippen molar-refractivity contribution in [2.45, 2.75) is 0 Å². The molecule has 0 amide bonds. The average molecular weight is 644 g/mol. The maximum absolute atomic E-state index is 6.93. The Hall–Kier alpha value is -6.16. The lowest BCUT2D eigenvalue weighted by Gasteiger charge is -2.29. The quantitative estimate of drug-likeness (QED) is 0.189. The Morgan fingerprint density at radius 1 is 0.429 bits per heavy atom. The van der Waals surface area contributed by atoms with Gasteiger partial charge in [-0.2, -0.15) is 0 Å². The van der Waals surface area contributed by atoms with Crippen LogP contribution in [0.5, 0.6) is 11.5 Å². The van der Waals surface area contributed by atoms with Crippen LogP contribution in [0.4, 0.5) is 17.1 Å². The zero-order chi connectivity index (χ0) is 32.3. The molecular weight excluding hydrogens is 615 g/mol. The molecule has 0 fully saturated rings. The topological polar surface area (TPSA) is 12.5 Å². The second-order valence-electron chi connectivity index (χ2n) is 12.5. The van der Waals surface area contributed by atoms with E-state index in [1.54, 1.807) is 0 Å². The second-order valence-corrected chi connectivity index (χ2v) is 13.5. The number of fused-ring (bicyclic) bond motifs is 10. The van der Waals surface area contributed by atoms with E-state index in [2.05, 4.69) is 181 Å². The number of nitrogens with zero attached hydrogens (tertiary/aromatic N) is 1. The molecule has 0 N–H and O–H groups in total. The fourth-order valence-corrected chi connectivity index (χ4v) is 8.64. The van der Waals surface area contributed by atoms with Gasteiger partial charge >= 0.3 is 0 Å². The minimum absolute atomic E-state index is 0.850. The van der Waals surface area contributed by atoms with E-state index in [1.807, 2.05) is 11.3 Å². The van der Waals surface area contributed by atoms with E-state index in [0.29, 0.717) is 0 Å². The fourth-order valence-electron chi connectivity index (χ4n) is 7.43. The molecule has 2 nitrogen and oxygen atoms in total. The van der Waals surface area contributed by atoms with Crippen LogP contribution in [0.15, 0.2) is 176 Å². The highest BCUT2D eigenvalue weighted by molar-refractivity contribution is 7.26. The van der Waals surface area contributed by atoms with Crippen LogP contribution in [0.3, 0.4) is 0 Å². The minimum Gasteiger partial charge on any atom is -0.455 e. The lowest BCUT2D eigenvalue weighted by molar-refractivity contribution is 0.493. The Balaban J connectivity index is 1.25. The zero-order valence-corrected chi connectivity index (χ0v) is 27.3. The summed E-state index contributed by atoms with van der Waals surface area (Å²) in [5.74, 6) is 1.75. The summed E-state index contributed by atoms with van der Waals surface area (Å²) in [7, 11) is 0. The van der Waals surface area contributed by atoms with Gasteiger partial charge in [-0.1, -0.05) is 133 Å². The van der Waals surface area contributed by atoms with Crippen LogP contribution >= 0.6 is 11.3 Å². The molecule has 0 radical (unpaired) electrons. The lowest BCUT2D eigenvalue weighted by Crippen LogP contribution is -2.11. The van der Waals surface area contributed by atoms with E-state index in [9.17, 15) is 0 Å². The molecule has 10 rings (SSSR count). The Bertz CT molecular complexity index is 2710. The van der Waals surface area contributed by atoms with Crippen molar-refractivity contribution in [2.75, 3.05) is 4.90 Å². The van der Waals surface area contributed by atoms with Crippen LogP contribution in [0.25, 0.3) is 64.3 Å². The lowest BCUT2D eigenvalue weighted by atomic mass is 9.93. The highest BCUT2D eigenvalue weighted by atomic mass is 32.1. The first kappa shape index (κ1) is 27.9. The molecule has 3 heteroatoms. The molecule has 2 heterocycles. The Morgan fingerprint density at radius 3 is 1.98 bits per heavy atom. The van der Waals surface area contributed by atoms with Gasteiger partial charge in [-0.25, -0.2) is 0 Å². The Labute approximate surface area is 288 Å². The number of hydrogen-bond donors (Lipinski definition) is 0. The third-order valence-corrected chi connectivity index (χ3v) is 10.9. The maximum Gasteiger partial charge on any atom is 0.143 e. The highest BCUT2D eigenvalue weighted by Gasteiger charge is 2.26. The Kier molecular flexibility index (Phi) is 6.39. The minimum atomic E-state index is 0.850. The molecule has 9 aromatic rings. The number of anilines is 3. The highest BCUT2D eigenvalue weighted by Crippen LogP contribution is 2.52. The van der Waals surface area contributed by atoms with Crippen molar-refractivity contribution in [3.8, 4) is 44.9 Å². The summed E-state index contributed by atoms with van der Waals surface area (Å²) in [6.45, 7) is 0. The van der Waals surface area contributed by atoms with Gasteiger partial charge in [-0.3, -0.25) is 0 Å². The van der Waals surface area contributed by atoms with Gasteiger partial charge < -0.3 is 9.64 Å². The van der Waals surface area contributed by atoms with Crippen molar-refractivity contribution in [3.05, 3.63) is 176 Å². The van der Waals surface area contributed by atoms with E-state index in [4.69, 9.17) is 4.74 Å². The smallest absolute Gasteiger partial charge is 0.143 e. The maximum atomic E-state index is 6.93. The SMILES string of the molecule is c1ccc(-c2ccccc2N(c2ccc3c(c2)-c2ccccc2-c2ccc4ccccc4c2O3)c2cccc3c2sc2ccccc23)cc1. The first-order valence-corrected chi connectivity index (χ1v) is 17.4. The molecule has 8 aromatic carbocycles. The van der Waals surface area contributed by atoms with Crippen LogP contribution in [-0.4, -0.2) is 0 Å². The largest absolute Gasteiger partial charge is 0.455 e. The number of ether oxygens (including phenoxy) is 1. The molecule has 230 valence electrons. The van der Waals surface area contributed by atoms with E-state index >= 15 is 0 Å². The van der Waals surface area contributed by atoms with Gasteiger partial charge in [0, 0.05) is 43.2 Å². The van der Waals surface area contributed by atoms with Crippen molar-refractivity contribution in [1.82, 2.24) is 0 Å². The van der Waals surface area contributed by atoms with Gasteiger partial charge in [0.15, 0.2) is 0 Å². The number of benzene rings is 8. The van der Waals surface area contributed by atoms with Gasteiger partial charge in [-0.05, 0) is 64.5 Å². The van der Waals surface area contributed by atoms with Gasteiger partial charge in [-0.15, -0.1) is 11.3 Å². The standard InChI is InChI=1S/C46H29NOS/c1-2-13-30(14-3-1)33-16-8-10-22-41(33)47(42-23-12-21-39-37-20-9-11-24-44(37)49-46(39)42)32-26-28-43-40(29-32)36-19-7-6-18-35(36)38-27-25-31-15-4-5-17-34(31)45(38)48-43/h1-29H. The molecule has 0 saturated heterocycles. The third-order valence-electron chi connectivity index (χ3n) is 9.67. The zero-order valence-electron chi connectivity index (χ0n) is 26.5. The fraction of sp³-hybridized carbons (Fsp3) is 0. The summed E-state index contributed by atoms with van der Waals surface area (Å²) in [4.78, 5) is 2.44. The Morgan fingerprint density at radius 2 is 1.10 bits per heavy atom. The first-order valence-electron chi connectivity index (χ1n) is 16.6. The monoisotopic (exact) mass is 643 g/mol. The summed E-state index contributed by atoms with van der Waals surface area (Å²) in [6.07, 6.45) is 0. The third kappa shape index (κ3) is 4.47. The summed E-state index contributed by atoms with van der Waals surface area (Å²) >= 11 is 1.85. The number of para-hydroxylation sites is 1. The van der Waals surface area contributed by atoms with Gasteiger partial charge in [0.2, 0.25) is 0 Å². The molecular formula is C46H29NOS. The summed E-state index contributed by atoms with van der Waals surface area (Å²) in [6, 6.07) is 63.1. The van der Waals surface area contributed by atoms with Gasteiger partial charge in [0.05, 0.1) is 16.1 Å².